The third-order valence-electron chi connectivity index (χ3n) is 3.14. The molecule has 2 N–H and O–H groups in total. The molecule has 2 aromatic rings. The van der Waals surface area contributed by atoms with Gasteiger partial charge >= 0.3 is 0 Å². The first-order valence-corrected chi connectivity index (χ1v) is 7.59. The van der Waals surface area contributed by atoms with Crippen molar-refractivity contribution in [2.45, 2.75) is 32.6 Å². The Balaban J connectivity index is 2.48. The van der Waals surface area contributed by atoms with Crippen LogP contribution in [-0.2, 0) is 5.41 Å². The zero-order valence-corrected chi connectivity index (χ0v) is 13.2. The van der Waals surface area contributed by atoms with Crippen LogP contribution in [0, 0.1) is 10.1 Å². The second kappa shape index (κ2) is 5.95. The van der Waals surface area contributed by atoms with E-state index < -0.39 is 0 Å². The van der Waals surface area contributed by atoms with Gasteiger partial charge in [0.15, 0.2) is 5.13 Å². The van der Waals surface area contributed by atoms with E-state index in [1.807, 2.05) is 26.8 Å². The normalized spacial score (nSPS) is 11.8. The molecule has 0 amide bonds. The highest BCUT2D eigenvalue weighted by Crippen LogP contribution is 2.37. The summed E-state index contributed by atoms with van der Waals surface area (Å²) in [7, 11) is 0. The summed E-state index contributed by atoms with van der Waals surface area (Å²) < 4.78 is 0.583. The first kappa shape index (κ1) is 15.7. The third kappa shape index (κ3) is 3.48. The molecule has 114 valence electrons. The van der Waals surface area contributed by atoms with Gasteiger partial charge in [-0.2, -0.15) is 0 Å². The molecule has 0 atom stereocenters. The van der Waals surface area contributed by atoms with Gasteiger partial charge in [-0.25, -0.2) is 4.98 Å². The number of hydrogen-bond donors (Lipinski definition) is 2. The number of nitro groups is 1. The maximum Gasteiger partial charge on any atom is 0.289 e. The molecule has 21 heavy (non-hydrogen) atoms. The Hall–Kier alpha value is -1.73. The minimum Gasteiger partial charge on any atom is -0.396 e. The van der Waals surface area contributed by atoms with Crippen molar-refractivity contribution in [1.82, 2.24) is 4.98 Å². The number of nitro benzene ring substituents is 1. The first-order valence-electron chi connectivity index (χ1n) is 6.77. The number of nitrogens with one attached hydrogen (secondary N) is 1. The van der Waals surface area contributed by atoms with Gasteiger partial charge in [0.2, 0.25) is 0 Å². The molecule has 1 heterocycles. The zero-order chi connectivity index (χ0) is 15.6. The Bertz CT molecular complexity index is 661. The molecule has 1 aromatic heterocycles. The van der Waals surface area contributed by atoms with Gasteiger partial charge in [-0.3, -0.25) is 10.1 Å². The van der Waals surface area contributed by atoms with E-state index in [2.05, 4.69) is 10.3 Å². The van der Waals surface area contributed by atoms with Crippen LogP contribution in [0.5, 0.6) is 0 Å². The summed E-state index contributed by atoms with van der Waals surface area (Å²) in [5, 5.41) is 23.8. The van der Waals surface area contributed by atoms with Gasteiger partial charge in [0, 0.05) is 19.2 Å². The van der Waals surface area contributed by atoms with Crippen LogP contribution in [0.4, 0.5) is 10.8 Å². The number of nitrogens with zero attached hydrogens (tertiary/aromatic N) is 2. The Morgan fingerprint density at radius 2 is 2.14 bits per heavy atom. The molecule has 0 fully saturated rings. The number of thiazole rings is 1. The van der Waals surface area contributed by atoms with E-state index in [1.54, 1.807) is 6.07 Å². The molecule has 0 aliphatic heterocycles. The van der Waals surface area contributed by atoms with Crippen LogP contribution in [0.25, 0.3) is 10.2 Å². The molecule has 0 aliphatic rings. The number of fused-ring (bicyclic) bond motifs is 1. The highest BCUT2D eigenvalue weighted by molar-refractivity contribution is 7.22. The van der Waals surface area contributed by atoms with Crippen LogP contribution in [0.15, 0.2) is 12.1 Å². The van der Waals surface area contributed by atoms with Gasteiger partial charge in [-0.1, -0.05) is 32.1 Å². The zero-order valence-electron chi connectivity index (χ0n) is 12.3. The molecule has 0 spiro atoms. The van der Waals surface area contributed by atoms with Crippen LogP contribution in [0.2, 0.25) is 0 Å². The Labute approximate surface area is 127 Å². The van der Waals surface area contributed by atoms with Crippen molar-refractivity contribution in [2.75, 3.05) is 18.5 Å². The molecule has 0 saturated heterocycles. The van der Waals surface area contributed by atoms with Crippen molar-refractivity contribution in [3.63, 3.8) is 0 Å². The second-order valence-corrected chi connectivity index (χ2v) is 6.87. The number of rotatable bonds is 5. The molecule has 6 nitrogen and oxygen atoms in total. The minimum atomic E-state index is -0.354. The average molecular weight is 309 g/mol. The smallest absolute Gasteiger partial charge is 0.289 e. The van der Waals surface area contributed by atoms with Crippen molar-refractivity contribution in [3.05, 3.63) is 27.8 Å². The van der Waals surface area contributed by atoms with Crippen molar-refractivity contribution in [1.29, 1.82) is 0 Å². The van der Waals surface area contributed by atoms with Gasteiger partial charge in [0.1, 0.15) is 4.70 Å². The topological polar surface area (TPSA) is 88.3 Å². The van der Waals surface area contributed by atoms with Crippen molar-refractivity contribution in [3.8, 4) is 0 Å². The third-order valence-corrected chi connectivity index (χ3v) is 4.20. The molecule has 2 rings (SSSR count). The maximum atomic E-state index is 11.3. The molecule has 0 radical (unpaired) electrons. The average Bonchev–Trinajstić information content (AvgIpc) is 2.79. The van der Waals surface area contributed by atoms with E-state index in [0.29, 0.717) is 28.3 Å². The van der Waals surface area contributed by atoms with E-state index in [-0.39, 0.29) is 22.6 Å². The van der Waals surface area contributed by atoms with E-state index in [0.717, 1.165) is 5.56 Å². The molecule has 0 saturated carbocycles. The predicted molar refractivity (Wildman–Crippen MR) is 85.2 cm³/mol. The molecular weight excluding hydrogens is 290 g/mol. The Morgan fingerprint density at radius 1 is 1.43 bits per heavy atom. The van der Waals surface area contributed by atoms with E-state index in [4.69, 9.17) is 5.11 Å². The molecule has 0 bridgehead atoms. The number of non-ortho nitro benzene ring substituents is 1. The van der Waals surface area contributed by atoms with Crippen LogP contribution < -0.4 is 5.32 Å². The van der Waals surface area contributed by atoms with Crippen molar-refractivity contribution in [2.24, 2.45) is 0 Å². The monoisotopic (exact) mass is 309 g/mol. The quantitative estimate of drug-likeness (QED) is 0.502. The van der Waals surface area contributed by atoms with E-state index in [1.165, 1.54) is 11.3 Å². The number of aromatic nitrogens is 1. The number of anilines is 1. The minimum absolute atomic E-state index is 0.102. The van der Waals surface area contributed by atoms with Gasteiger partial charge in [-0.15, -0.1) is 0 Å². The number of hydrogen-bond acceptors (Lipinski definition) is 6. The summed E-state index contributed by atoms with van der Waals surface area (Å²) in [6.45, 7) is 6.75. The largest absolute Gasteiger partial charge is 0.396 e. The summed E-state index contributed by atoms with van der Waals surface area (Å²) in [5.74, 6) is 0. The lowest BCUT2D eigenvalue weighted by atomic mass is 9.86. The second-order valence-electron chi connectivity index (χ2n) is 5.87. The summed E-state index contributed by atoms with van der Waals surface area (Å²) in [6, 6.07) is 3.55. The van der Waals surface area contributed by atoms with Crippen LogP contribution in [0.3, 0.4) is 0 Å². The van der Waals surface area contributed by atoms with E-state index >= 15 is 0 Å². The summed E-state index contributed by atoms with van der Waals surface area (Å²) in [6.07, 6.45) is 0.616. The van der Waals surface area contributed by atoms with Gasteiger partial charge in [-0.05, 0) is 23.5 Å². The van der Waals surface area contributed by atoms with Crippen molar-refractivity contribution < 1.29 is 10.0 Å². The van der Waals surface area contributed by atoms with Gasteiger partial charge in [0.25, 0.3) is 5.69 Å². The maximum absolute atomic E-state index is 11.3. The predicted octanol–water partition coefficient (Wildman–Crippen LogP) is 3.30. The molecule has 0 aliphatic carbocycles. The Kier molecular flexibility index (Phi) is 4.43. The standard InChI is InChI=1S/C14H19N3O3S/c1-14(2,3)9-7-10-12(11(8-9)17(19)20)21-13(16-10)15-5-4-6-18/h7-8,18H,4-6H2,1-3H3,(H,15,16). The SMILES string of the molecule is CC(C)(C)c1cc([N+](=O)[O-])c2sc(NCCCO)nc2c1. The van der Waals surface area contributed by atoms with Crippen LogP contribution in [0.1, 0.15) is 32.8 Å². The van der Waals surface area contributed by atoms with Crippen LogP contribution in [-0.4, -0.2) is 28.2 Å². The van der Waals surface area contributed by atoms with Crippen LogP contribution >= 0.6 is 11.3 Å². The highest BCUT2D eigenvalue weighted by atomic mass is 32.1. The number of benzene rings is 1. The lowest BCUT2D eigenvalue weighted by molar-refractivity contribution is -0.383. The summed E-state index contributed by atoms with van der Waals surface area (Å²) in [5.41, 5.74) is 1.47. The van der Waals surface area contributed by atoms with Crippen molar-refractivity contribution >= 4 is 32.4 Å². The molecular formula is C14H19N3O3S. The summed E-state index contributed by atoms with van der Waals surface area (Å²) >= 11 is 1.28. The fourth-order valence-corrected chi connectivity index (χ4v) is 2.89. The number of aliphatic hydroxyl groups is 1. The fraction of sp³-hybridized carbons (Fsp3) is 0.500. The van der Waals surface area contributed by atoms with E-state index in [9.17, 15) is 10.1 Å². The van der Waals surface area contributed by atoms with Gasteiger partial charge < -0.3 is 10.4 Å². The first-order chi connectivity index (χ1) is 9.82. The Morgan fingerprint density at radius 3 is 2.71 bits per heavy atom. The fourth-order valence-electron chi connectivity index (χ4n) is 1.93. The lowest BCUT2D eigenvalue weighted by Crippen LogP contribution is -2.11. The summed E-state index contributed by atoms with van der Waals surface area (Å²) in [4.78, 5) is 15.4. The molecule has 7 heteroatoms. The number of aliphatic hydroxyl groups excluding tert-OH is 1. The highest BCUT2D eigenvalue weighted by Gasteiger charge is 2.23. The van der Waals surface area contributed by atoms with Gasteiger partial charge in [0.05, 0.1) is 10.4 Å². The molecule has 1 aromatic carbocycles. The molecule has 0 unspecified atom stereocenters. The lowest BCUT2D eigenvalue weighted by Gasteiger charge is -2.18.